The average Bonchev–Trinajstić information content (AvgIpc) is 3.23. The molecule has 1 unspecified atom stereocenters. The van der Waals surface area contributed by atoms with Crippen LogP contribution in [0, 0.1) is 5.82 Å². The van der Waals surface area contributed by atoms with Gasteiger partial charge in [-0.05, 0) is 55.6 Å². The summed E-state index contributed by atoms with van der Waals surface area (Å²) in [7, 11) is 0. The molecule has 138 valence electrons. The van der Waals surface area contributed by atoms with E-state index in [4.69, 9.17) is 0 Å². The van der Waals surface area contributed by atoms with Crippen molar-refractivity contribution < 1.29 is 4.39 Å². The minimum atomic E-state index is -0.445. The highest BCUT2D eigenvalue weighted by atomic mass is 19.1. The van der Waals surface area contributed by atoms with E-state index in [0.717, 1.165) is 24.2 Å². The van der Waals surface area contributed by atoms with Gasteiger partial charge in [0.1, 0.15) is 5.82 Å². The standard InChI is InChI=1S/C22H22FN3O/c1-15(26-10-2-3-11-26)16-4-6-17(7-5-16)18-8-9-20(21(23)12-18)19-13-24-22(27)25-14-19/h4-9,12-15H,2-3,10-11H2,1H3,(H,24,25,27). The van der Waals surface area contributed by atoms with Gasteiger partial charge in [0.2, 0.25) is 0 Å². The van der Waals surface area contributed by atoms with Crippen LogP contribution in [0.2, 0.25) is 0 Å². The Morgan fingerprint density at radius 1 is 1.04 bits per heavy atom. The van der Waals surface area contributed by atoms with E-state index in [1.807, 2.05) is 6.07 Å². The fourth-order valence-corrected chi connectivity index (χ4v) is 3.71. The first-order valence-electron chi connectivity index (χ1n) is 9.31. The maximum absolute atomic E-state index is 14.6. The van der Waals surface area contributed by atoms with Gasteiger partial charge in [-0.2, -0.15) is 0 Å². The van der Waals surface area contributed by atoms with Crippen LogP contribution in [0.3, 0.4) is 0 Å². The predicted molar refractivity (Wildman–Crippen MR) is 105 cm³/mol. The molecule has 2 aromatic carbocycles. The van der Waals surface area contributed by atoms with Gasteiger partial charge in [-0.1, -0.05) is 36.4 Å². The molecule has 3 aromatic rings. The molecule has 2 heterocycles. The Kier molecular flexibility index (Phi) is 4.86. The van der Waals surface area contributed by atoms with Gasteiger partial charge in [0.05, 0.1) is 0 Å². The van der Waals surface area contributed by atoms with Crippen LogP contribution in [0.4, 0.5) is 4.39 Å². The normalized spacial score (nSPS) is 15.8. The second-order valence-corrected chi connectivity index (χ2v) is 7.04. The zero-order valence-corrected chi connectivity index (χ0v) is 15.3. The number of hydrogen-bond donors (Lipinski definition) is 1. The zero-order valence-electron chi connectivity index (χ0n) is 15.3. The first-order chi connectivity index (χ1) is 13.1. The van der Waals surface area contributed by atoms with Gasteiger partial charge in [-0.25, -0.2) is 14.2 Å². The Morgan fingerprint density at radius 3 is 2.37 bits per heavy atom. The number of nitrogens with one attached hydrogen (secondary N) is 1. The third-order valence-electron chi connectivity index (χ3n) is 5.37. The number of benzene rings is 2. The van der Waals surface area contributed by atoms with Crippen molar-refractivity contribution in [2.24, 2.45) is 0 Å². The number of likely N-dealkylation sites (tertiary alicyclic amines) is 1. The number of nitrogens with zero attached hydrogens (tertiary/aromatic N) is 2. The highest BCUT2D eigenvalue weighted by Crippen LogP contribution is 2.29. The first-order valence-corrected chi connectivity index (χ1v) is 9.31. The van der Waals surface area contributed by atoms with Gasteiger partial charge in [0, 0.05) is 29.6 Å². The van der Waals surface area contributed by atoms with E-state index in [1.165, 1.54) is 36.9 Å². The highest BCUT2D eigenvalue weighted by Gasteiger charge is 2.19. The fourth-order valence-electron chi connectivity index (χ4n) is 3.71. The van der Waals surface area contributed by atoms with Gasteiger partial charge in [-0.15, -0.1) is 0 Å². The lowest BCUT2D eigenvalue weighted by Gasteiger charge is -2.24. The van der Waals surface area contributed by atoms with Crippen LogP contribution >= 0.6 is 0 Å². The van der Waals surface area contributed by atoms with E-state index < -0.39 is 5.69 Å². The van der Waals surface area contributed by atoms with Crippen LogP contribution in [0.25, 0.3) is 22.3 Å². The molecule has 27 heavy (non-hydrogen) atoms. The van der Waals surface area contributed by atoms with Gasteiger partial charge >= 0.3 is 5.69 Å². The summed E-state index contributed by atoms with van der Waals surface area (Å²) >= 11 is 0. The summed E-state index contributed by atoms with van der Waals surface area (Å²) < 4.78 is 14.6. The van der Waals surface area contributed by atoms with Crippen molar-refractivity contribution in [2.75, 3.05) is 13.1 Å². The Bertz CT molecular complexity index is 971. The Labute approximate surface area is 157 Å². The summed E-state index contributed by atoms with van der Waals surface area (Å²) in [6.45, 7) is 4.57. The van der Waals surface area contributed by atoms with E-state index in [-0.39, 0.29) is 5.82 Å². The summed E-state index contributed by atoms with van der Waals surface area (Å²) in [4.78, 5) is 19.7. The number of aromatic nitrogens is 2. The number of rotatable bonds is 4. The van der Waals surface area contributed by atoms with Crippen LogP contribution in [-0.4, -0.2) is 28.0 Å². The van der Waals surface area contributed by atoms with Gasteiger partial charge in [0.15, 0.2) is 0 Å². The third-order valence-corrected chi connectivity index (χ3v) is 5.37. The molecule has 1 saturated heterocycles. The number of halogens is 1. The highest BCUT2D eigenvalue weighted by molar-refractivity contribution is 5.70. The zero-order chi connectivity index (χ0) is 18.8. The average molecular weight is 363 g/mol. The molecular weight excluding hydrogens is 341 g/mol. The second-order valence-electron chi connectivity index (χ2n) is 7.04. The van der Waals surface area contributed by atoms with E-state index in [1.54, 1.807) is 6.07 Å². The molecule has 0 bridgehead atoms. The van der Waals surface area contributed by atoms with Crippen molar-refractivity contribution in [3.63, 3.8) is 0 Å². The first kappa shape index (κ1) is 17.6. The predicted octanol–water partition coefficient (Wildman–Crippen LogP) is 4.40. The smallest absolute Gasteiger partial charge is 0.312 e. The van der Waals surface area contributed by atoms with E-state index in [2.05, 4.69) is 46.1 Å². The summed E-state index contributed by atoms with van der Waals surface area (Å²) in [6, 6.07) is 13.9. The van der Waals surface area contributed by atoms with Crippen LogP contribution < -0.4 is 5.69 Å². The topological polar surface area (TPSA) is 49.0 Å². The molecule has 5 heteroatoms. The second kappa shape index (κ2) is 7.45. The lowest BCUT2D eigenvalue weighted by atomic mass is 9.98. The maximum atomic E-state index is 14.6. The lowest BCUT2D eigenvalue weighted by Crippen LogP contribution is -2.23. The van der Waals surface area contributed by atoms with Gasteiger partial charge in [-0.3, -0.25) is 4.90 Å². The molecule has 0 radical (unpaired) electrons. The van der Waals surface area contributed by atoms with E-state index in [0.29, 0.717) is 17.2 Å². The number of aromatic amines is 1. The molecule has 0 saturated carbocycles. The van der Waals surface area contributed by atoms with Crippen LogP contribution in [-0.2, 0) is 0 Å². The molecule has 4 nitrogen and oxygen atoms in total. The largest absolute Gasteiger partial charge is 0.344 e. The number of H-pyrrole nitrogens is 1. The van der Waals surface area contributed by atoms with E-state index in [9.17, 15) is 9.18 Å². The summed E-state index contributed by atoms with van der Waals surface area (Å²) in [5.74, 6) is -0.337. The molecule has 1 atom stereocenters. The molecule has 0 aliphatic carbocycles. The molecule has 0 amide bonds. The van der Waals surface area contributed by atoms with Crippen molar-refractivity contribution in [1.29, 1.82) is 0 Å². The molecule has 1 fully saturated rings. The third kappa shape index (κ3) is 3.69. The molecule has 1 N–H and O–H groups in total. The minimum absolute atomic E-state index is 0.337. The Hall–Kier alpha value is -2.79. The van der Waals surface area contributed by atoms with Crippen molar-refractivity contribution >= 4 is 0 Å². The van der Waals surface area contributed by atoms with Crippen molar-refractivity contribution in [2.45, 2.75) is 25.8 Å². The Balaban J connectivity index is 1.57. The maximum Gasteiger partial charge on any atom is 0.344 e. The monoisotopic (exact) mass is 363 g/mol. The van der Waals surface area contributed by atoms with E-state index >= 15 is 0 Å². The quantitative estimate of drug-likeness (QED) is 0.747. The summed E-state index contributed by atoms with van der Waals surface area (Å²) in [5.41, 5.74) is 3.62. The molecule has 1 aromatic heterocycles. The summed E-state index contributed by atoms with van der Waals surface area (Å²) in [6.07, 6.45) is 5.41. The molecule has 1 aliphatic heterocycles. The minimum Gasteiger partial charge on any atom is -0.312 e. The fraction of sp³-hybridized carbons (Fsp3) is 0.273. The molecule has 1 aliphatic rings. The van der Waals surface area contributed by atoms with Gasteiger partial charge in [0.25, 0.3) is 0 Å². The number of hydrogen-bond acceptors (Lipinski definition) is 3. The lowest BCUT2D eigenvalue weighted by molar-refractivity contribution is 0.263. The summed E-state index contributed by atoms with van der Waals surface area (Å²) in [5, 5.41) is 0. The molecule has 0 spiro atoms. The van der Waals surface area contributed by atoms with Crippen molar-refractivity contribution in [3.8, 4) is 22.3 Å². The van der Waals surface area contributed by atoms with Gasteiger partial charge < -0.3 is 4.98 Å². The van der Waals surface area contributed by atoms with Crippen LogP contribution in [0.15, 0.2) is 59.7 Å². The molecule has 4 rings (SSSR count). The van der Waals surface area contributed by atoms with Crippen LogP contribution in [0.5, 0.6) is 0 Å². The van der Waals surface area contributed by atoms with Crippen molar-refractivity contribution in [1.82, 2.24) is 14.9 Å². The van der Waals surface area contributed by atoms with Crippen LogP contribution in [0.1, 0.15) is 31.4 Å². The Morgan fingerprint density at radius 2 is 1.74 bits per heavy atom. The molecular formula is C22H22FN3O. The SMILES string of the molecule is CC(c1ccc(-c2ccc(-c3cnc(=O)[nH]c3)c(F)c2)cc1)N1CCCC1. The van der Waals surface area contributed by atoms with Crippen molar-refractivity contribution in [3.05, 3.63) is 76.7 Å².